The van der Waals surface area contributed by atoms with Crippen LogP contribution in [0.2, 0.25) is 0 Å². The van der Waals surface area contributed by atoms with Crippen molar-refractivity contribution in [3.63, 3.8) is 0 Å². The van der Waals surface area contributed by atoms with Gasteiger partial charge in [-0.3, -0.25) is 0 Å². The van der Waals surface area contributed by atoms with Crippen LogP contribution < -0.4 is 0 Å². The predicted molar refractivity (Wildman–Crippen MR) is 37.0 cm³/mol. The van der Waals surface area contributed by atoms with E-state index < -0.39 is 5.97 Å². The first-order valence-corrected chi connectivity index (χ1v) is 2.45. The zero-order chi connectivity index (χ0) is 6.69. The second kappa shape index (κ2) is 4.66. The van der Waals surface area contributed by atoms with Crippen molar-refractivity contribution in [3.8, 4) is 0 Å². The van der Waals surface area contributed by atoms with E-state index in [-0.39, 0.29) is 43.4 Å². The molecule has 0 aliphatic carbocycles. The van der Waals surface area contributed by atoms with Crippen LogP contribution in [0, 0.1) is 0 Å². The van der Waals surface area contributed by atoms with Crippen LogP contribution in [0.5, 0.6) is 0 Å². The fourth-order valence-corrected chi connectivity index (χ4v) is 0.489. The number of pyridine rings is 1. The Morgan fingerprint density at radius 1 is 1.50 bits per heavy atom. The number of nitrogens with zero attached hydrogens (tertiary/aromatic N) is 1. The first-order valence-electron chi connectivity index (χ1n) is 2.45. The Hall–Kier alpha value is -0.120. The first-order chi connectivity index (χ1) is 4.30. The summed E-state index contributed by atoms with van der Waals surface area (Å²) in [6.07, 6.45) is 1.45. The van der Waals surface area contributed by atoms with Gasteiger partial charge >= 0.3 is 5.97 Å². The SMILES string of the molecule is O=C(O)c1ccccn1.[Ca]. The predicted octanol–water partition coefficient (Wildman–Crippen LogP) is 0.399. The van der Waals surface area contributed by atoms with Gasteiger partial charge in [0.2, 0.25) is 0 Å². The summed E-state index contributed by atoms with van der Waals surface area (Å²) in [7, 11) is 0. The number of hydrogen-bond donors (Lipinski definition) is 1. The summed E-state index contributed by atoms with van der Waals surface area (Å²) in [5.74, 6) is -0.990. The molecule has 0 bridgehead atoms. The zero-order valence-corrected chi connectivity index (χ0v) is 7.53. The summed E-state index contributed by atoms with van der Waals surface area (Å²) in [6.45, 7) is 0. The minimum Gasteiger partial charge on any atom is -0.477 e. The van der Waals surface area contributed by atoms with E-state index in [2.05, 4.69) is 4.98 Å². The molecular formula is C6H5CaNO2. The third-order valence-corrected chi connectivity index (χ3v) is 0.884. The molecule has 0 spiro atoms. The summed E-state index contributed by atoms with van der Waals surface area (Å²) in [5.41, 5.74) is 0.0810. The Kier molecular flexibility index (Phi) is 4.60. The maximum absolute atomic E-state index is 10.1. The monoisotopic (exact) mass is 163 g/mol. The Morgan fingerprint density at radius 3 is 2.50 bits per heavy atom. The summed E-state index contributed by atoms with van der Waals surface area (Å²) in [6, 6.07) is 4.76. The largest absolute Gasteiger partial charge is 0.477 e. The van der Waals surface area contributed by atoms with Crippen LogP contribution in [-0.2, 0) is 0 Å². The fourth-order valence-electron chi connectivity index (χ4n) is 0.489. The molecule has 0 aromatic carbocycles. The smallest absolute Gasteiger partial charge is 0.354 e. The molecule has 2 radical (unpaired) electrons. The van der Waals surface area contributed by atoms with Crippen LogP contribution >= 0.6 is 0 Å². The average Bonchev–Trinajstić information content (AvgIpc) is 1.90. The molecule has 0 aliphatic heterocycles. The Balaban J connectivity index is 0.000000810. The van der Waals surface area contributed by atoms with Crippen LogP contribution in [-0.4, -0.2) is 53.8 Å². The van der Waals surface area contributed by atoms with Gasteiger partial charge in [-0.15, -0.1) is 0 Å². The van der Waals surface area contributed by atoms with Crippen molar-refractivity contribution >= 4 is 43.7 Å². The molecule has 0 saturated carbocycles. The van der Waals surface area contributed by atoms with Crippen LogP contribution in [0.15, 0.2) is 24.4 Å². The van der Waals surface area contributed by atoms with Gasteiger partial charge in [0.05, 0.1) is 0 Å². The van der Waals surface area contributed by atoms with Gasteiger partial charge in [0.1, 0.15) is 5.69 Å². The van der Waals surface area contributed by atoms with Crippen molar-refractivity contribution in [1.29, 1.82) is 0 Å². The summed E-state index contributed by atoms with van der Waals surface area (Å²) >= 11 is 0. The van der Waals surface area contributed by atoms with E-state index in [1.807, 2.05) is 0 Å². The number of carboxylic acid groups (broad SMARTS) is 1. The van der Waals surface area contributed by atoms with Gasteiger partial charge in [0, 0.05) is 43.9 Å². The molecule has 0 atom stereocenters. The molecule has 0 fully saturated rings. The molecule has 10 heavy (non-hydrogen) atoms. The van der Waals surface area contributed by atoms with Crippen LogP contribution in [0.4, 0.5) is 0 Å². The quantitative estimate of drug-likeness (QED) is 0.609. The molecule has 48 valence electrons. The normalized spacial score (nSPS) is 8.00. The molecule has 3 nitrogen and oxygen atoms in total. The molecule has 0 unspecified atom stereocenters. The second-order valence-electron chi connectivity index (χ2n) is 1.52. The average molecular weight is 163 g/mol. The van der Waals surface area contributed by atoms with Gasteiger partial charge in [-0.2, -0.15) is 0 Å². The standard InChI is InChI=1S/C6H5NO2.Ca/c8-6(9)5-3-1-2-4-7-5;/h1-4H,(H,8,9);. The fraction of sp³-hybridized carbons (Fsp3) is 0. The second-order valence-corrected chi connectivity index (χ2v) is 1.52. The van der Waals surface area contributed by atoms with Crippen LogP contribution in [0.3, 0.4) is 0 Å². The van der Waals surface area contributed by atoms with E-state index in [9.17, 15) is 4.79 Å². The zero-order valence-electron chi connectivity index (χ0n) is 5.32. The van der Waals surface area contributed by atoms with Crippen molar-refractivity contribution in [1.82, 2.24) is 4.98 Å². The van der Waals surface area contributed by atoms with Crippen molar-refractivity contribution in [2.45, 2.75) is 0 Å². The molecule has 1 rings (SSSR count). The molecule has 1 heterocycles. The minimum atomic E-state index is -0.990. The van der Waals surface area contributed by atoms with Crippen molar-refractivity contribution < 1.29 is 9.90 Å². The maximum atomic E-state index is 10.1. The summed E-state index contributed by atoms with van der Waals surface area (Å²) in [5, 5.41) is 8.32. The van der Waals surface area contributed by atoms with E-state index in [0.717, 1.165) is 0 Å². The molecule has 0 saturated heterocycles. The van der Waals surface area contributed by atoms with E-state index in [1.54, 1.807) is 12.1 Å². The third kappa shape index (κ3) is 2.64. The third-order valence-electron chi connectivity index (χ3n) is 0.884. The van der Waals surface area contributed by atoms with Gasteiger partial charge in [-0.25, -0.2) is 9.78 Å². The van der Waals surface area contributed by atoms with Gasteiger partial charge in [0.15, 0.2) is 0 Å². The Labute approximate surface area is 88.1 Å². The molecule has 4 heteroatoms. The number of rotatable bonds is 1. The number of aromatic carboxylic acids is 1. The summed E-state index contributed by atoms with van der Waals surface area (Å²) in [4.78, 5) is 13.7. The maximum Gasteiger partial charge on any atom is 0.354 e. The van der Waals surface area contributed by atoms with Gasteiger partial charge in [-0.1, -0.05) is 6.07 Å². The van der Waals surface area contributed by atoms with Crippen molar-refractivity contribution in [2.24, 2.45) is 0 Å². The molecular weight excluding hydrogens is 158 g/mol. The first kappa shape index (κ1) is 9.88. The van der Waals surface area contributed by atoms with E-state index >= 15 is 0 Å². The Bertz CT molecular complexity index is 212. The minimum absolute atomic E-state index is 0. The van der Waals surface area contributed by atoms with E-state index in [4.69, 9.17) is 5.11 Å². The molecule has 1 N–H and O–H groups in total. The van der Waals surface area contributed by atoms with Crippen molar-refractivity contribution in [2.75, 3.05) is 0 Å². The van der Waals surface area contributed by atoms with E-state index in [1.165, 1.54) is 12.3 Å². The van der Waals surface area contributed by atoms with Crippen LogP contribution in [0.1, 0.15) is 10.5 Å². The Morgan fingerprint density at radius 2 is 2.20 bits per heavy atom. The topological polar surface area (TPSA) is 50.2 Å². The van der Waals surface area contributed by atoms with E-state index in [0.29, 0.717) is 0 Å². The van der Waals surface area contributed by atoms with Crippen molar-refractivity contribution in [3.05, 3.63) is 30.1 Å². The van der Waals surface area contributed by atoms with Gasteiger partial charge in [0.25, 0.3) is 0 Å². The molecule has 0 amide bonds. The number of hydrogen-bond acceptors (Lipinski definition) is 2. The summed E-state index contributed by atoms with van der Waals surface area (Å²) < 4.78 is 0. The molecule has 1 aromatic rings. The number of carbonyl (C=O) groups is 1. The number of carboxylic acids is 1. The molecule has 1 aromatic heterocycles. The van der Waals surface area contributed by atoms with Crippen LogP contribution in [0.25, 0.3) is 0 Å². The van der Waals surface area contributed by atoms with Gasteiger partial charge < -0.3 is 5.11 Å². The molecule has 0 aliphatic rings. The number of aromatic nitrogens is 1. The van der Waals surface area contributed by atoms with Gasteiger partial charge in [-0.05, 0) is 12.1 Å².